The van der Waals surface area contributed by atoms with Crippen LogP contribution in [0.3, 0.4) is 0 Å². The summed E-state index contributed by atoms with van der Waals surface area (Å²) in [4.78, 5) is 35.0. The van der Waals surface area contributed by atoms with Crippen LogP contribution < -0.4 is 0 Å². The maximum Gasteiger partial charge on any atom is 0.408 e. The molecule has 1 N–H and O–H groups in total. The zero-order valence-corrected chi connectivity index (χ0v) is 28.0. The first kappa shape index (κ1) is 33.5. The SMILES string of the molecule is COCCCn1c([C@@H]2CCCN(C(=O)C[C@@H](Cc3ccc(-c4ccccc4)cc3)N(C(=O)O)C(C)(C)C)C2)nc2cccc(Cl)c21. The van der Waals surface area contributed by atoms with Crippen molar-refractivity contribution in [1.82, 2.24) is 19.4 Å². The van der Waals surface area contributed by atoms with Gasteiger partial charge in [-0.2, -0.15) is 0 Å². The molecule has 9 heteroatoms. The van der Waals surface area contributed by atoms with Crippen LogP contribution in [0, 0.1) is 0 Å². The molecule has 0 bridgehead atoms. The summed E-state index contributed by atoms with van der Waals surface area (Å²) in [6.45, 7) is 8.17. The largest absolute Gasteiger partial charge is 0.465 e. The number of likely N-dealkylation sites (tertiary alicyclic amines) is 1. The molecule has 244 valence electrons. The summed E-state index contributed by atoms with van der Waals surface area (Å²) in [6, 6.07) is 23.6. The number of ether oxygens (including phenoxy) is 1. The topological polar surface area (TPSA) is 87.9 Å². The number of hydrogen-bond donors (Lipinski definition) is 1. The summed E-state index contributed by atoms with van der Waals surface area (Å²) >= 11 is 6.65. The Kier molecular flexibility index (Phi) is 10.7. The van der Waals surface area contributed by atoms with E-state index in [1.54, 1.807) is 7.11 Å². The number of hydrogen-bond acceptors (Lipinski definition) is 4. The Balaban J connectivity index is 1.37. The summed E-state index contributed by atoms with van der Waals surface area (Å²) in [7, 11) is 1.70. The zero-order valence-electron chi connectivity index (χ0n) is 27.3. The van der Waals surface area contributed by atoms with Crippen molar-refractivity contribution >= 4 is 34.6 Å². The Morgan fingerprint density at radius 1 is 1.04 bits per heavy atom. The predicted octanol–water partition coefficient (Wildman–Crippen LogP) is 7.88. The van der Waals surface area contributed by atoms with Gasteiger partial charge in [0.1, 0.15) is 5.82 Å². The summed E-state index contributed by atoms with van der Waals surface area (Å²) in [5.41, 5.74) is 4.29. The molecule has 0 aliphatic carbocycles. The number of nitrogens with zero attached hydrogens (tertiary/aromatic N) is 4. The van der Waals surface area contributed by atoms with Gasteiger partial charge in [-0.1, -0.05) is 72.3 Å². The normalized spacial score (nSPS) is 16.0. The van der Waals surface area contributed by atoms with Gasteiger partial charge in [-0.25, -0.2) is 9.78 Å². The van der Waals surface area contributed by atoms with Crippen molar-refractivity contribution in [3.63, 3.8) is 0 Å². The minimum Gasteiger partial charge on any atom is -0.465 e. The molecule has 1 saturated heterocycles. The Hall–Kier alpha value is -3.88. The van der Waals surface area contributed by atoms with E-state index in [0.717, 1.165) is 59.4 Å². The standard InChI is InChI=1S/C37H45ClN4O4/c1-37(2,3)42(36(44)45)30(23-26-16-18-28(19-17-26)27-11-6-5-7-12-27)24-33(43)40-20-9-13-29(25-40)35-39-32-15-8-14-31(38)34(32)41(35)21-10-22-46-4/h5-8,11-12,14-19,29-30H,9-10,13,20-25H2,1-4H3,(H,44,45)/t29-,30-/m1/s1. The van der Waals surface area contributed by atoms with E-state index < -0.39 is 17.7 Å². The Labute approximate surface area is 276 Å². The average Bonchev–Trinajstić information content (AvgIpc) is 3.41. The molecule has 3 aromatic carbocycles. The first-order valence-electron chi connectivity index (χ1n) is 16.1. The number of para-hydroxylation sites is 1. The van der Waals surface area contributed by atoms with Crippen LogP contribution in [0.15, 0.2) is 72.8 Å². The molecule has 1 aromatic heterocycles. The number of carbonyl (C=O) groups is 2. The lowest BCUT2D eigenvalue weighted by atomic mass is 9.93. The van der Waals surface area contributed by atoms with Gasteiger partial charge in [0, 0.05) is 57.3 Å². The van der Waals surface area contributed by atoms with Gasteiger partial charge in [-0.3, -0.25) is 9.69 Å². The molecule has 4 aromatic rings. The highest BCUT2D eigenvalue weighted by Gasteiger charge is 2.37. The van der Waals surface area contributed by atoms with Gasteiger partial charge in [0.15, 0.2) is 0 Å². The van der Waals surface area contributed by atoms with E-state index in [9.17, 15) is 14.7 Å². The van der Waals surface area contributed by atoms with E-state index in [0.29, 0.717) is 31.1 Å². The van der Waals surface area contributed by atoms with Crippen molar-refractivity contribution in [2.45, 2.75) is 76.9 Å². The molecular formula is C37H45ClN4O4. The molecule has 1 aliphatic heterocycles. The first-order valence-corrected chi connectivity index (χ1v) is 16.5. The molecular weight excluding hydrogens is 600 g/mol. The van der Waals surface area contributed by atoms with Crippen LogP contribution in [0.25, 0.3) is 22.2 Å². The third-order valence-electron chi connectivity index (χ3n) is 8.85. The van der Waals surface area contributed by atoms with Crippen LogP contribution in [0.4, 0.5) is 4.79 Å². The molecule has 2 atom stereocenters. The zero-order chi connectivity index (χ0) is 32.8. The van der Waals surface area contributed by atoms with E-state index in [2.05, 4.69) is 28.8 Å². The summed E-state index contributed by atoms with van der Waals surface area (Å²) in [5.74, 6) is 0.950. The fraction of sp³-hybridized carbons (Fsp3) is 0.432. The predicted molar refractivity (Wildman–Crippen MR) is 183 cm³/mol. The molecule has 2 amide bonds. The van der Waals surface area contributed by atoms with Crippen LogP contribution >= 0.6 is 11.6 Å². The van der Waals surface area contributed by atoms with Crippen LogP contribution in [0.2, 0.25) is 5.02 Å². The number of imidazole rings is 1. The number of piperidine rings is 1. The highest BCUT2D eigenvalue weighted by molar-refractivity contribution is 6.35. The number of methoxy groups -OCH3 is 1. The lowest BCUT2D eigenvalue weighted by Crippen LogP contribution is -2.54. The summed E-state index contributed by atoms with van der Waals surface area (Å²) in [5, 5.41) is 11.0. The molecule has 1 aliphatic rings. The third kappa shape index (κ3) is 7.73. The number of halogens is 1. The van der Waals surface area contributed by atoms with Crippen molar-refractivity contribution in [2.24, 2.45) is 0 Å². The highest BCUT2D eigenvalue weighted by atomic mass is 35.5. The van der Waals surface area contributed by atoms with Gasteiger partial charge >= 0.3 is 6.09 Å². The van der Waals surface area contributed by atoms with Crippen LogP contribution in [-0.2, 0) is 22.5 Å². The average molecular weight is 645 g/mol. The number of carbonyl (C=O) groups excluding carboxylic acids is 1. The number of carboxylic acid groups (broad SMARTS) is 1. The van der Waals surface area contributed by atoms with Crippen LogP contribution in [-0.4, -0.2) is 74.8 Å². The molecule has 0 unspecified atom stereocenters. The van der Waals surface area contributed by atoms with Gasteiger partial charge in [0.05, 0.1) is 16.1 Å². The van der Waals surface area contributed by atoms with E-state index in [4.69, 9.17) is 21.3 Å². The molecule has 5 rings (SSSR count). The maximum absolute atomic E-state index is 14.0. The first-order chi connectivity index (χ1) is 22.1. The number of aromatic nitrogens is 2. The molecule has 0 spiro atoms. The van der Waals surface area contributed by atoms with Gasteiger partial charge in [0.25, 0.3) is 0 Å². The maximum atomic E-state index is 14.0. The third-order valence-corrected chi connectivity index (χ3v) is 9.16. The highest BCUT2D eigenvalue weighted by Crippen LogP contribution is 2.33. The number of rotatable bonds is 11. The van der Waals surface area contributed by atoms with Crippen molar-refractivity contribution in [2.75, 3.05) is 26.8 Å². The van der Waals surface area contributed by atoms with Crippen LogP contribution in [0.5, 0.6) is 0 Å². The van der Waals surface area contributed by atoms with Crippen molar-refractivity contribution in [1.29, 1.82) is 0 Å². The van der Waals surface area contributed by atoms with E-state index in [1.165, 1.54) is 4.90 Å². The second kappa shape index (κ2) is 14.7. The van der Waals surface area contributed by atoms with E-state index in [1.807, 2.05) is 74.2 Å². The Morgan fingerprint density at radius 2 is 1.76 bits per heavy atom. The molecule has 0 radical (unpaired) electrons. The fourth-order valence-electron chi connectivity index (χ4n) is 6.79. The summed E-state index contributed by atoms with van der Waals surface area (Å²) in [6.07, 6.45) is 2.10. The molecule has 46 heavy (non-hydrogen) atoms. The lowest BCUT2D eigenvalue weighted by Gasteiger charge is -2.41. The second-order valence-electron chi connectivity index (χ2n) is 13.2. The van der Waals surface area contributed by atoms with Gasteiger partial charge in [-0.15, -0.1) is 0 Å². The number of benzene rings is 3. The smallest absolute Gasteiger partial charge is 0.408 e. The number of amides is 2. The molecule has 2 heterocycles. The van der Waals surface area contributed by atoms with Gasteiger partial charge < -0.3 is 19.3 Å². The summed E-state index contributed by atoms with van der Waals surface area (Å²) < 4.78 is 7.51. The van der Waals surface area contributed by atoms with Crippen LogP contribution in [0.1, 0.15) is 63.8 Å². The molecule has 8 nitrogen and oxygen atoms in total. The van der Waals surface area contributed by atoms with Crippen molar-refractivity contribution in [3.05, 3.63) is 89.2 Å². The Morgan fingerprint density at radius 3 is 2.43 bits per heavy atom. The Bertz CT molecular complexity index is 1630. The van der Waals surface area contributed by atoms with Gasteiger partial charge in [0.2, 0.25) is 5.91 Å². The fourth-order valence-corrected chi connectivity index (χ4v) is 7.06. The molecule has 0 saturated carbocycles. The minimum atomic E-state index is -1.02. The quantitative estimate of drug-likeness (QED) is 0.168. The van der Waals surface area contributed by atoms with E-state index >= 15 is 0 Å². The van der Waals surface area contributed by atoms with Gasteiger partial charge in [-0.05, 0) is 75.3 Å². The second-order valence-corrected chi connectivity index (χ2v) is 13.6. The van der Waals surface area contributed by atoms with E-state index in [-0.39, 0.29) is 18.2 Å². The van der Waals surface area contributed by atoms with Crippen molar-refractivity contribution < 1.29 is 19.4 Å². The molecule has 1 fully saturated rings. The minimum absolute atomic E-state index is 0.0359. The number of aryl methyl sites for hydroxylation is 1. The van der Waals surface area contributed by atoms with Crippen molar-refractivity contribution in [3.8, 4) is 11.1 Å². The lowest BCUT2D eigenvalue weighted by molar-refractivity contribution is -0.134. The monoisotopic (exact) mass is 644 g/mol. The number of fused-ring (bicyclic) bond motifs is 1.